The molecule has 1 atom stereocenters. The van der Waals surface area contributed by atoms with Gasteiger partial charge in [0, 0.05) is 16.0 Å². The van der Waals surface area contributed by atoms with Crippen molar-refractivity contribution >= 4 is 22.6 Å². The van der Waals surface area contributed by atoms with Gasteiger partial charge in [-0.25, -0.2) is 0 Å². The van der Waals surface area contributed by atoms with Crippen molar-refractivity contribution < 1.29 is 0 Å². The molecular formula is C13H13IN2. The molecule has 2 rings (SSSR count). The molecule has 1 heterocycles. The van der Waals surface area contributed by atoms with Crippen molar-refractivity contribution in [2.24, 2.45) is 5.73 Å². The lowest BCUT2D eigenvalue weighted by atomic mass is 10.0. The standard InChI is InChI=1S/C13H13IN2/c1-9-6-11(8-16-7-9)13(15)10-2-4-12(14)5-3-10/h2-8,13H,15H2,1H3. The van der Waals surface area contributed by atoms with Crippen molar-refractivity contribution in [3.8, 4) is 0 Å². The minimum Gasteiger partial charge on any atom is -0.320 e. The molecule has 0 aliphatic heterocycles. The van der Waals surface area contributed by atoms with E-state index in [4.69, 9.17) is 5.73 Å². The van der Waals surface area contributed by atoms with E-state index < -0.39 is 0 Å². The molecule has 1 unspecified atom stereocenters. The first-order valence-corrected chi connectivity index (χ1v) is 6.17. The molecule has 0 radical (unpaired) electrons. The van der Waals surface area contributed by atoms with E-state index in [2.05, 4.69) is 57.9 Å². The molecule has 2 aromatic rings. The van der Waals surface area contributed by atoms with Crippen LogP contribution in [-0.2, 0) is 0 Å². The highest BCUT2D eigenvalue weighted by Gasteiger charge is 2.08. The quantitative estimate of drug-likeness (QED) is 0.863. The van der Waals surface area contributed by atoms with Crippen LogP contribution in [0.25, 0.3) is 0 Å². The summed E-state index contributed by atoms with van der Waals surface area (Å²) in [6.45, 7) is 2.02. The first-order chi connectivity index (χ1) is 7.66. The minimum atomic E-state index is -0.0931. The van der Waals surface area contributed by atoms with Crippen LogP contribution in [0.3, 0.4) is 0 Å². The summed E-state index contributed by atoms with van der Waals surface area (Å²) in [5.41, 5.74) is 9.51. The number of aryl methyl sites for hydroxylation is 1. The fourth-order valence-electron chi connectivity index (χ4n) is 1.61. The van der Waals surface area contributed by atoms with Crippen molar-refractivity contribution in [3.63, 3.8) is 0 Å². The van der Waals surface area contributed by atoms with Gasteiger partial charge in [-0.2, -0.15) is 0 Å². The predicted molar refractivity (Wildman–Crippen MR) is 74.2 cm³/mol. The molecule has 0 spiro atoms. The Morgan fingerprint density at radius 2 is 1.81 bits per heavy atom. The zero-order valence-corrected chi connectivity index (χ0v) is 11.2. The molecule has 0 aliphatic carbocycles. The number of hydrogen-bond acceptors (Lipinski definition) is 2. The van der Waals surface area contributed by atoms with Crippen molar-refractivity contribution in [2.45, 2.75) is 13.0 Å². The van der Waals surface area contributed by atoms with E-state index in [1.54, 1.807) is 0 Å². The minimum absolute atomic E-state index is 0.0931. The first kappa shape index (κ1) is 11.5. The molecule has 16 heavy (non-hydrogen) atoms. The maximum atomic E-state index is 6.19. The van der Waals surface area contributed by atoms with Crippen molar-refractivity contribution in [1.82, 2.24) is 4.98 Å². The number of pyridine rings is 1. The van der Waals surface area contributed by atoms with Gasteiger partial charge in [-0.05, 0) is 58.3 Å². The molecule has 0 fully saturated rings. The lowest BCUT2D eigenvalue weighted by Gasteiger charge is -2.12. The van der Waals surface area contributed by atoms with Crippen LogP contribution in [0.4, 0.5) is 0 Å². The summed E-state index contributed by atoms with van der Waals surface area (Å²) < 4.78 is 1.22. The number of aromatic nitrogens is 1. The van der Waals surface area contributed by atoms with Gasteiger partial charge in [0.15, 0.2) is 0 Å². The third-order valence-corrected chi connectivity index (χ3v) is 3.20. The summed E-state index contributed by atoms with van der Waals surface area (Å²) in [5.74, 6) is 0. The zero-order valence-electron chi connectivity index (χ0n) is 9.02. The average Bonchev–Trinajstić information content (AvgIpc) is 2.29. The molecular weight excluding hydrogens is 311 g/mol. The van der Waals surface area contributed by atoms with Gasteiger partial charge in [-0.1, -0.05) is 18.2 Å². The van der Waals surface area contributed by atoms with E-state index in [1.807, 2.05) is 19.3 Å². The molecule has 0 bridgehead atoms. The van der Waals surface area contributed by atoms with Gasteiger partial charge in [0.1, 0.15) is 0 Å². The van der Waals surface area contributed by atoms with Gasteiger partial charge in [0.05, 0.1) is 6.04 Å². The Morgan fingerprint density at radius 3 is 2.44 bits per heavy atom. The summed E-state index contributed by atoms with van der Waals surface area (Å²) in [7, 11) is 0. The molecule has 1 aromatic carbocycles. The van der Waals surface area contributed by atoms with Gasteiger partial charge >= 0.3 is 0 Å². The van der Waals surface area contributed by atoms with Crippen LogP contribution in [0.2, 0.25) is 0 Å². The first-order valence-electron chi connectivity index (χ1n) is 5.09. The molecule has 0 amide bonds. The average molecular weight is 324 g/mol. The van der Waals surface area contributed by atoms with E-state index in [9.17, 15) is 0 Å². The molecule has 82 valence electrons. The second kappa shape index (κ2) is 4.93. The topological polar surface area (TPSA) is 38.9 Å². The highest BCUT2D eigenvalue weighted by molar-refractivity contribution is 14.1. The van der Waals surface area contributed by atoms with Crippen LogP contribution < -0.4 is 5.73 Å². The van der Waals surface area contributed by atoms with Crippen LogP contribution in [0.5, 0.6) is 0 Å². The Bertz CT molecular complexity index is 480. The highest BCUT2D eigenvalue weighted by Crippen LogP contribution is 2.20. The summed E-state index contributed by atoms with van der Waals surface area (Å²) in [6, 6.07) is 10.3. The molecule has 1 aromatic heterocycles. The Morgan fingerprint density at radius 1 is 1.12 bits per heavy atom. The van der Waals surface area contributed by atoms with Crippen LogP contribution >= 0.6 is 22.6 Å². The van der Waals surface area contributed by atoms with E-state index in [1.165, 1.54) is 3.57 Å². The molecule has 0 saturated heterocycles. The summed E-state index contributed by atoms with van der Waals surface area (Å²) >= 11 is 2.29. The smallest absolute Gasteiger partial charge is 0.0567 e. The molecule has 0 aliphatic rings. The third-order valence-electron chi connectivity index (χ3n) is 2.48. The normalized spacial score (nSPS) is 12.4. The maximum absolute atomic E-state index is 6.19. The van der Waals surface area contributed by atoms with Crippen molar-refractivity contribution in [2.75, 3.05) is 0 Å². The van der Waals surface area contributed by atoms with Crippen molar-refractivity contribution in [1.29, 1.82) is 0 Å². The molecule has 2 N–H and O–H groups in total. The van der Waals surface area contributed by atoms with Gasteiger partial charge in [0.2, 0.25) is 0 Å². The summed E-state index contributed by atoms with van der Waals surface area (Å²) in [6.07, 6.45) is 3.67. The fourth-order valence-corrected chi connectivity index (χ4v) is 1.97. The lowest BCUT2D eigenvalue weighted by molar-refractivity contribution is 0.860. The van der Waals surface area contributed by atoms with E-state index in [0.29, 0.717) is 0 Å². The Hall–Kier alpha value is -0.940. The number of halogens is 1. The van der Waals surface area contributed by atoms with Gasteiger partial charge in [-0.15, -0.1) is 0 Å². The summed E-state index contributed by atoms with van der Waals surface area (Å²) in [5, 5.41) is 0. The molecule has 0 saturated carbocycles. The van der Waals surface area contributed by atoms with Gasteiger partial charge in [0.25, 0.3) is 0 Å². The fraction of sp³-hybridized carbons (Fsp3) is 0.154. The Balaban J connectivity index is 2.31. The SMILES string of the molecule is Cc1cncc(C(N)c2ccc(I)cc2)c1. The zero-order chi connectivity index (χ0) is 11.5. The third kappa shape index (κ3) is 2.59. The van der Waals surface area contributed by atoms with E-state index in [-0.39, 0.29) is 6.04 Å². The summed E-state index contributed by atoms with van der Waals surface area (Å²) in [4.78, 5) is 4.17. The van der Waals surface area contributed by atoms with Gasteiger partial charge < -0.3 is 5.73 Å². The van der Waals surface area contributed by atoms with Gasteiger partial charge in [-0.3, -0.25) is 4.98 Å². The van der Waals surface area contributed by atoms with Crippen LogP contribution in [0.1, 0.15) is 22.7 Å². The van der Waals surface area contributed by atoms with Crippen molar-refractivity contribution in [3.05, 3.63) is 63.0 Å². The van der Waals surface area contributed by atoms with Crippen LogP contribution in [0.15, 0.2) is 42.7 Å². The highest BCUT2D eigenvalue weighted by atomic mass is 127. The lowest BCUT2D eigenvalue weighted by Crippen LogP contribution is -2.12. The predicted octanol–water partition coefficient (Wildman–Crippen LogP) is 3.04. The molecule has 2 nitrogen and oxygen atoms in total. The number of nitrogens with zero attached hydrogens (tertiary/aromatic N) is 1. The number of benzene rings is 1. The second-order valence-corrected chi connectivity index (χ2v) is 5.07. The van der Waals surface area contributed by atoms with E-state index in [0.717, 1.165) is 16.7 Å². The number of rotatable bonds is 2. The number of nitrogens with two attached hydrogens (primary N) is 1. The van der Waals surface area contributed by atoms with E-state index >= 15 is 0 Å². The maximum Gasteiger partial charge on any atom is 0.0567 e. The second-order valence-electron chi connectivity index (χ2n) is 3.82. The van der Waals surface area contributed by atoms with Crippen LogP contribution in [-0.4, -0.2) is 4.98 Å². The van der Waals surface area contributed by atoms with Crippen LogP contribution in [0, 0.1) is 10.5 Å². The Kier molecular flexibility index (Phi) is 3.56. The number of hydrogen-bond donors (Lipinski definition) is 1. The molecule has 3 heteroatoms. The Labute approximate surface area is 109 Å². The monoisotopic (exact) mass is 324 g/mol. The largest absolute Gasteiger partial charge is 0.320 e.